The first-order chi connectivity index (χ1) is 8.56. The molecule has 1 amide bonds. The Labute approximate surface area is 124 Å². The molecule has 0 heterocycles. The maximum absolute atomic E-state index is 13.3. The van der Waals surface area contributed by atoms with Gasteiger partial charge in [-0.2, -0.15) is 0 Å². The van der Waals surface area contributed by atoms with Gasteiger partial charge < -0.3 is 5.32 Å². The van der Waals surface area contributed by atoms with Crippen molar-refractivity contribution in [3.8, 4) is 0 Å². The normalized spacial score (nSPS) is 9.63. The molecule has 0 spiro atoms. The van der Waals surface area contributed by atoms with Gasteiger partial charge in [-0.15, -0.1) is 18.2 Å². The van der Waals surface area contributed by atoms with E-state index in [0.29, 0.717) is 5.56 Å². The van der Waals surface area contributed by atoms with Crippen LogP contribution >= 0.6 is 0 Å². The molecule has 0 saturated carbocycles. The Morgan fingerprint density at radius 2 is 1.74 bits per heavy atom. The molecule has 0 atom stereocenters. The minimum absolute atomic E-state index is 0. The monoisotopic (exact) mass is 294 g/mol. The molecule has 2 aromatic carbocycles. The number of carbonyl (C=O) groups is 1. The van der Waals surface area contributed by atoms with Gasteiger partial charge in [0.05, 0.1) is 0 Å². The zero-order valence-corrected chi connectivity index (χ0v) is 11.7. The van der Waals surface area contributed by atoms with Crippen LogP contribution < -0.4 is 5.32 Å². The van der Waals surface area contributed by atoms with E-state index in [1.54, 1.807) is 24.3 Å². The van der Waals surface area contributed by atoms with Gasteiger partial charge in [-0.3, -0.25) is 4.79 Å². The van der Waals surface area contributed by atoms with Crippen LogP contribution in [0.2, 0.25) is 0 Å². The molecule has 2 nitrogen and oxygen atoms in total. The largest absolute Gasteiger partial charge is 0.373 e. The zero-order valence-electron chi connectivity index (χ0n) is 10.1. The molecule has 96 valence electrons. The molecule has 19 heavy (non-hydrogen) atoms. The molecule has 5 heteroatoms. The number of aryl methyl sites for hydroxylation is 1. The Hall–Kier alpha value is -1.52. The number of halogens is 2. The summed E-state index contributed by atoms with van der Waals surface area (Å²) in [5, 5.41) is 2.36. The fourth-order valence-corrected chi connectivity index (χ4v) is 1.44. The second-order valence-corrected chi connectivity index (χ2v) is 3.85. The summed E-state index contributed by atoms with van der Waals surface area (Å²) in [4.78, 5) is 11.8. The van der Waals surface area contributed by atoms with E-state index in [-0.39, 0.29) is 27.4 Å². The van der Waals surface area contributed by atoms with Gasteiger partial charge in [0.25, 0.3) is 0 Å². The van der Waals surface area contributed by atoms with Crippen LogP contribution in [0.1, 0.15) is 15.9 Å². The van der Waals surface area contributed by atoms with Crippen LogP contribution in [0.5, 0.6) is 0 Å². The Bertz CT molecular complexity index is 584. The second kappa shape index (κ2) is 6.59. The van der Waals surface area contributed by atoms with Crippen molar-refractivity contribution in [3.05, 3.63) is 65.2 Å². The average molecular weight is 294 g/mol. The number of nitrogens with one attached hydrogen (secondary N) is 1. The van der Waals surface area contributed by atoms with Crippen molar-refractivity contribution in [2.45, 2.75) is 6.92 Å². The SMILES string of the molecule is Cc1ccc(C(=O)Nc2ccc(F)[c-]c2F)cc1.[Ti]. The van der Waals surface area contributed by atoms with Gasteiger partial charge in [0, 0.05) is 38.9 Å². The van der Waals surface area contributed by atoms with Crippen LogP contribution in [0.4, 0.5) is 14.5 Å². The summed E-state index contributed by atoms with van der Waals surface area (Å²) >= 11 is 0. The van der Waals surface area contributed by atoms with Crippen molar-refractivity contribution in [2.24, 2.45) is 0 Å². The van der Waals surface area contributed by atoms with Crippen molar-refractivity contribution < 1.29 is 35.3 Å². The van der Waals surface area contributed by atoms with Gasteiger partial charge in [0.2, 0.25) is 5.91 Å². The molecule has 0 aliphatic carbocycles. The van der Waals surface area contributed by atoms with Gasteiger partial charge in [-0.05, 0) is 24.7 Å². The van der Waals surface area contributed by atoms with Gasteiger partial charge in [-0.25, -0.2) is 8.78 Å². The van der Waals surface area contributed by atoms with E-state index in [1.807, 2.05) is 13.0 Å². The first kappa shape index (κ1) is 15.5. The Morgan fingerprint density at radius 1 is 1.11 bits per heavy atom. The molecule has 0 unspecified atom stereocenters. The summed E-state index contributed by atoms with van der Waals surface area (Å²) < 4.78 is 25.9. The number of rotatable bonds is 2. The van der Waals surface area contributed by atoms with E-state index in [1.165, 1.54) is 0 Å². The fourth-order valence-electron chi connectivity index (χ4n) is 1.44. The maximum atomic E-state index is 13.3. The number of carbonyl (C=O) groups excluding carboxylic acids is 1. The van der Waals surface area contributed by atoms with Crippen LogP contribution in [0.3, 0.4) is 0 Å². The molecule has 1 N–H and O–H groups in total. The summed E-state index contributed by atoms with van der Waals surface area (Å²) in [6.07, 6.45) is 0. The molecule has 0 bridgehead atoms. The maximum Gasteiger partial charge on any atom is 0.244 e. The Morgan fingerprint density at radius 3 is 2.32 bits per heavy atom. The number of benzene rings is 2. The number of amides is 1. The minimum Gasteiger partial charge on any atom is -0.373 e. The first-order valence-electron chi connectivity index (χ1n) is 5.31. The van der Waals surface area contributed by atoms with Gasteiger partial charge in [0.1, 0.15) is 0 Å². The van der Waals surface area contributed by atoms with Crippen molar-refractivity contribution in [1.82, 2.24) is 0 Å². The molecule has 0 aliphatic rings. The molecule has 0 aromatic heterocycles. The van der Waals surface area contributed by atoms with Crippen LogP contribution in [0.15, 0.2) is 36.4 Å². The molecule has 2 rings (SSSR count). The molecule has 2 aromatic rings. The van der Waals surface area contributed by atoms with E-state index in [4.69, 9.17) is 0 Å². The van der Waals surface area contributed by atoms with E-state index in [0.717, 1.165) is 17.7 Å². The van der Waals surface area contributed by atoms with Crippen LogP contribution in [0.25, 0.3) is 0 Å². The summed E-state index contributed by atoms with van der Waals surface area (Å²) in [6, 6.07) is 10.9. The van der Waals surface area contributed by atoms with Gasteiger partial charge in [-0.1, -0.05) is 17.7 Å². The fraction of sp³-hybridized carbons (Fsp3) is 0.0714. The third-order valence-electron chi connectivity index (χ3n) is 2.42. The molecular formula is C14H10F2NOTi-. The van der Waals surface area contributed by atoms with Crippen molar-refractivity contribution in [1.29, 1.82) is 0 Å². The molecule has 0 radical (unpaired) electrons. The third kappa shape index (κ3) is 3.98. The number of hydrogen-bond acceptors (Lipinski definition) is 1. The first-order valence-corrected chi connectivity index (χ1v) is 5.31. The molecule has 0 aliphatic heterocycles. The smallest absolute Gasteiger partial charge is 0.244 e. The predicted molar refractivity (Wildman–Crippen MR) is 64.3 cm³/mol. The van der Waals surface area contributed by atoms with E-state index in [9.17, 15) is 13.6 Å². The standard InChI is InChI=1S/C14H10F2NO.Ti/c1-9-2-4-10(5-3-9)14(18)17-13-7-6-11(15)8-12(13)16;/h2-7H,1H3,(H,17,18);/q-1;. The molecule has 0 saturated heterocycles. The summed E-state index contributed by atoms with van der Waals surface area (Å²) in [5.74, 6) is -2.18. The molecular weight excluding hydrogens is 284 g/mol. The van der Waals surface area contributed by atoms with Crippen LogP contribution in [-0.2, 0) is 21.7 Å². The van der Waals surface area contributed by atoms with E-state index >= 15 is 0 Å². The summed E-state index contributed by atoms with van der Waals surface area (Å²) in [6.45, 7) is 1.90. The Kier molecular flexibility index (Phi) is 5.39. The minimum atomic E-state index is -0.921. The van der Waals surface area contributed by atoms with Gasteiger partial charge in [0.15, 0.2) is 0 Å². The number of hydrogen-bond donors (Lipinski definition) is 1. The van der Waals surface area contributed by atoms with E-state index in [2.05, 4.69) is 5.32 Å². The van der Waals surface area contributed by atoms with Crippen LogP contribution in [-0.4, -0.2) is 5.91 Å². The summed E-state index contributed by atoms with van der Waals surface area (Å²) in [5.41, 5.74) is 1.33. The average Bonchev–Trinajstić information content (AvgIpc) is 2.33. The van der Waals surface area contributed by atoms with Crippen molar-refractivity contribution >= 4 is 11.6 Å². The van der Waals surface area contributed by atoms with Crippen molar-refractivity contribution in [2.75, 3.05) is 5.32 Å². The molecule has 0 fully saturated rings. The zero-order chi connectivity index (χ0) is 13.1. The number of anilines is 1. The second-order valence-electron chi connectivity index (χ2n) is 3.85. The summed E-state index contributed by atoms with van der Waals surface area (Å²) in [7, 11) is 0. The van der Waals surface area contributed by atoms with E-state index < -0.39 is 17.5 Å². The topological polar surface area (TPSA) is 29.1 Å². The quantitative estimate of drug-likeness (QED) is 0.668. The van der Waals surface area contributed by atoms with Gasteiger partial charge >= 0.3 is 0 Å². The third-order valence-corrected chi connectivity index (χ3v) is 2.42. The van der Waals surface area contributed by atoms with Crippen molar-refractivity contribution in [3.63, 3.8) is 0 Å². The van der Waals surface area contributed by atoms with Crippen LogP contribution in [0, 0.1) is 24.6 Å². The predicted octanol–water partition coefficient (Wildman–Crippen LogP) is 3.32. The Balaban J connectivity index is 0.00000180.